The van der Waals surface area contributed by atoms with Crippen LogP contribution in [0.2, 0.25) is 0 Å². The second-order valence-electron chi connectivity index (χ2n) is 6.04. The standard InChI is InChI=1S/C14H26N2O4/c1-14(2,3)20-13(18)15(4)12(11-17)5-6-16-7-9-19-10-8-16/h11-12H,5-10H2,1-4H3. The molecule has 0 bridgehead atoms. The summed E-state index contributed by atoms with van der Waals surface area (Å²) in [6.07, 6.45) is 0.959. The van der Waals surface area contributed by atoms with Crippen LogP contribution < -0.4 is 0 Å². The van der Waals surface area contributed by atoms with E-state index in [1.807, 2.05) is 20.8 Å². The summed E-state index contributed by atoms with van der Waals surface area (Å²) < 4.78 is 10.5. The summed E-state index contributed by atoms with van der Waals surface area (Å²) in [5, 5.41) is 0. The number of amides is 1. The lowest BCUT2D eigenvalue weighted by Crippen LogP contribution is -2.44. The van der Waals surface area contributed by atoms with Crippen LogP contribution in [0.1, 0.15) is 27.2 Å². The molecule has 20 heavy (non-hydrogen) atoms. The predicted molar refractivity (Wildman–Crippen MR) is 75.7 cm³/mol. The maximum atomic E-state index is 11.9. The summed E-state index contributed by atoms with van der Waals surface area (Å²) in [5.41, 5.74) is -0.553. The van der Waals surface area contributed by atoms with Crippen molar-refractivity contribution in [2.45, 2.75) is 38.8 Å². The first-order valence-corrected chi connectivity index (χ1v) is 7.04. The number of hydrogen-bond donors (Lipinski definition) is 0. The van der Waals surface area contributed by atoms with Crippen molar-refractivity contribution < 1.29 is 19.1 Å². The fourth-order valence-electron chi connectivity index (χ4n) is 1.96. The Hall–Kier alpha value is -1.14. The van der Waals surface area contributed by atoms with Crippen LogP contribution in [0.15, 0.2) is 0 Å². The van der Waals surface area contributed by atoms with Gasteiger partial charge in [-0.15, -0.1) is 0 Å². The highest BCUT2D eigenvalue weighted by molar-refractivity contribution is 5.73. The highest BCUT2D eigenvalue weighted by atomic mass is 16.6. The number of likely N-dealkylation sites (N-methyl/N-ethyl adjacent to an activating group) is 1. The molecule has 0 aromatic carbocycles. The van der Waals surface area contributed by atoms with Gasteiger partial charge in [-0.25, -0.2) is 4.79 Å². The van der Waals surface area contributed by atoms with Gasteiger partial charge in [0, 0.05) is 26.7 Å². The number of carbonyl (C=O) groups excluding carboxylic acids is 2. The molecule has 1 unspecified atom stereocenters. The molecule has 0 aliphatic carbocycles. The normalized spacial score (nSPS) is 18.4. The van der Waals surface area contributed by atoms with E-state index in [0.717, 1.165) is 39.1 Å². The minimum Gasteiger partial charge on any atom is -0.444 e. The fraction of sp³-hybridized carbons (Fsp3) is 0.857. The van der Waals surface area contributed by atoms with Crippen LogP contribution in [0.3, 0.4) is 0 Å². The summed E-state index contributed by atoms with van der Waals surface area (Å²) in [6.45, 7) is 9.41. The number of ether oxygens (including phenoxy) is 2. The van der Waals surface area contributed by atoms with Crippen molar-refractivity contribution >= 4 is 12.4 Å². The van der Waals surface area contributed by atoms with Crippen molar-refractivity contribution in [3.63, 3.8) is 0 Å². The van der Waals surface area contributed by atoms with E-state index in [0.29, 0.717) is 6.42 Å². The summed E-state index contributed by atoms with van der Waals surface area (Å²) in [4.78, 5) is 26.7. The largest absolute Gasteiger partial charge is 0.444 e. The van der Waals surface area contributed by atoms with E-state index in [4.69, 9.17) is 9.47 Å². The zero-order valence-electron chi connectivity index (χ0n) is 12.9. The van der Waals surface area contributed by atoms with Gasteiger partial charge in [0.15, 0.2) is 0 Å². The van der Waals surface area contributed by atoms with E-state index < -0.39 is 17.7 Å². The lowest BCUT2D eigenvalue weighted by molar-refractivity contribution is -0.112. The third-order valence-corrected chi connectivity index (χ3v) is 3.18. The van der Waals surface area contributed by atoms with Crippen LogP contribution in [-0.4, -0.2) is 73.7 Å². The molecule has 116 valence electrons. The molecule has 1 saturated heterocycles. The monoisotopic (exact) mass is 286 g/mol. The molecule has 0 aromatic heterocycles. The average Bonchev–Trinajstić information content (AvgIpc) is 2.38. The Bertz CT molecular complexity index is 322. The fourth-order valence-corrected chi connectivity index (χ4v) is 1.96. The number of hydrogen-bond acceptors (Lipinski definition) is 5. The first-order chi connectivity index (χ1) is 9.33. The van der Waals surface area contributed by atoms with Crippen molar-refractivity contribution in [1.29, 1.82) is 0 Å². The van der Waals surface area contributed by atoms with Gasteiger partial charge < -0.3 is 19.2 Å². The molecule has 0 N–H and O–H groups in total. The summed E-state index contributed by atoms with van der Waals surface area (Å²) in [7, 11) is 1.60. The van der Waals surface area contributed by atoms with Crippen molar-refractivity contribution in [2.75, 3.05) is 39.9 Å². The minimum atomic E-state index is -0.553. The van der Waals surface area contributed by atoms with E-state index in [1.54, 1.807) is 7.05 Å². The van der Waals surface area contributed by atoms with Gasteiger partial charge >= 0.3 is 6.09 Å². The molecule has 1 aliphatic rings. The molecular formula is C14H26N2O4. The Balaban J connectivity index is 2.43. The van der Waals surface area contributed by atoms with Crippen LogP contribution in [0, 0.1) is 0 Å². The molecule has 1 fully saturated rings. The molecule has 1 aliphatic heterocycles. The van der Waals surface area contributed by atoms with Gasteiger partial charge in [-0.1, -0.05) is 0 Å². The van der Waals surface area contributed by atoms with Crippen molar-refractivity contribution in [1.82, 2.24) is 9.80 Å². The number of rotatable bonds is 5. The van der Waals surface area contributed by atoms with Crippen LogP contribution in [0.5, 0.6) is 0 Å². The summed E-state index contributed by atoms with van der Waals surface area (Å²) in [6, 6.07) is -0.451. The molecule has 0 radical (unpaired) electrons. The van der Waals surface area contributed by atoms with Crippen LogP contribution >= 0.6 is 0 Å². The third kappa shape index (κ3) is 5.88. The highest BCUT2D eigenvalue weighted by Gasteiger charge is 2.25. The predicted octanol–water partition coefficient (Wildman–Crippen LogP) is 1.14. The molecule has 1 atom stereocenters. The molecule has 6 heteroatoms. The molecule has 1 rings (SSSR count). The number of morpholine rings is 1. The Morgan fingerprint density at radius 2 is 2.00 bits per heavy atom. The van der Waals surface area contributed by atoms with Crippen LogP contribution in [0.4, 0.5) is 4.79 Å². The van der Waals surface area contributed by atoms with Crippen molar-refractivity contribution in [3.05, 3.63) is 0 Å². The van der Waals surface area contributed by atoms with Gasteiger partial charge in [0.2, 0.25) is 0 Å². The van der Waals surface area contributed by atoms with Gasteiger partial charge in [0.25, 0.3) is 0 Å². The first kappa shape index (κ1) is 16.9. The van der Waals surface area contributed by atoms with Gasteiger partial charge in [-0.3, -0.25) is 4.90 Å². The minimum absolute atomic E-state index is 0.451. The Morgan fingerprint density at radius 1 is 1.40 bits per heavy atom. The maximum absolute atomic E-state index is 11.9. The highest BCUT2D eigenvalue weighted by Crippen LogP contribution is 2.12. The zero-order chi connectivity index (χ0) is 15.2. The Morgan fingerprint density at radius 3 is 2.50 bits per heavy atom. The summed E-state index contributed by atoms with van der Waals surface area (Å²) >= 11 is 0. The van der Waals surface area contributed by atoms with Gasteiger partial charge in [0.1, 0.15) is 11.9 Å². The van der Waals surface area contributed by atoms with Crippen molar-refractivity contribution in [3.8, 4) is 0 Å². The molecule has 1 heterocycles. The molecular weight excluding hydrogens is 260 g/mol. The van der Waals surface area contributed by atoms with E-state index >= 15 is 0 Å². The number of nitrogens with zero attached hydrogens (tertiary/aromatic N) is 2. The van der Waals surface area contributed by atoms with Crippen LogP contribution in [0.25, 0.3) is 0 Å². The van der Waals surface area contributed by atoms with E-state index in [2.05, 4.69) is 4.90 Å². The van der Waals surface area contributed by atoms with Crippen LogP contribution in [-0.2, 0) is 14.3 Å². The smallest absolute Gasteiger partial charge is 0.410 e. The van der Waals surface area contributed by atoms with E-state index in [-0.39, 0.29) is 0 Å². The lowest BCUT2D eigenvalue weighted by Gasteiger charge is -2.31. The van der Waals surface area contributed by atoms with E-state index in [1.165, 1.54) is 4.90 Å². The van der Waals surface area contributed by atoms with Gasteiger partial charge in [-0.2, -0.15) is 0 Å². The summed E-state index contributed by atoms with van der Waals surface area (Å²) in [5.74, 6) is 0. The maximum Gasteiger partial charge on any atom is 0.410 e. The quantitative estimate of drug-likeness (QED) is 0.709. The van der Waals surface area contributed by atoms with Gasteiger partial charge in [-0.05, 0) is 27.2 Å². The second kappa shape index (κ2) is 7.59. The van der Waals surface area contributed by atoms with Crippen molar-refractivity contribution in [2.24, 2.45) is 0 Å². The molecule has 0 aromatic rings. The Kier molecular flexibility index (Phi) is 6.42. The molecule has 0 spiro atoms. The second-order valence-corrected chi connectivity index (χ2v) is 6.04. The number of aldehydes is 1. The zero-order valence-corrected chi connectivity index (χ0v) is 12.9. The average molecular weight is 286 g/mol. The Labute approximate surface area is 121 Å². The number of carbonyl (C=O) groups is 2. The SMILES string of the molecule is CN(C(=O)OC(C)(C)C)C(C=O)CCN1CCOCC1. The van der Waals surface area contributed by atoms with Gasteiger partial charge in [0.05, 0.1) is 19.3 Å². The third-order valence-electron chi connectivity index (χ3n) is 3.18. The van der Waals surface area contributed by atoms with E-state index in [9.17, 15) is 9.59 Å². The first-order valence-electron chi connectivity index (χ1n) is 7.04. The molecule has 6 nitrogen and oxygen atoms in total. The molecule has 1 amide bonds. The molecule has 0 saturated carbocycles. The topological polar surface area (TPSA) is 59.1 Å². The lowest BCUT2D eigenvalue weighted by atomic mass is 10.2.